The van der Waals surface area contributed by atoms with Gasteiger partial charge in [-0.05, 0) is 43.9 Å². The summed E-state index contributed by atoms with van der Waals surface area (Å²) in [4.78, 5) is 9.39. The van der Waals surface area contributed by atoms with Crippen molar-refractivity contribution in [2.45, 2.75) is 43.8 Å². The number of aryl methyl sites for hydroxylation is 1. The quantitative estimate of drug-likeness (QED) is 0.529. The van der Waals surface area contributed by atoms with Crippen LogP contribution >= 0.6 is 11.3 Å². The highest BCUT2D eigenvalue weighted by atomic mass is 32.1. The Balaban J connectivity index is 1.32. The largest absolute Gasteiger partial charge is 0.359 e. The van der Waals surface area contributed by atoms with Gasteiger partial charge in [0.15, 0.2) is 5.13 Å². The van der Waals surface area contributed by atoms with E-state index in [0.717, 1.165) is 50.4 Å². The van der Waals surface area contributed by atoms with Gasteiger partial charge in [-0.3, -0.25) is 9.67 Å². The third-order valence-electron chi connectivity index (χ3n) is 6.21. The van der Waals surface area contributed by atoms with Gasteiger partial charge in [0, 0.05) is 42.3 Å². The first kappa shape index (κ1) is 17.8. The minimum absolute atomic E-state index is 0.489. The Morgan fingerprint density at radius 3 is 2.87 bits per heavy atom. The van der Waals surface area contributed by atoms with Gasteiger partial charge >= 0.3 is 0 Å². The maximum absolute atomic E-state index is 9.55. The van der Waals surface area contributed by atoms with E-state index in [-0.39, 0.29) is 0 Å². The molecule has 2 aliphatic heterocycles. The fourth-order valence-electron chi connectivity index (χ4n) is 4.89. The van der Waals surface area contributed by atoms with Crippen LogP contribution in [0.4, 0.5) is 5.13 Å². The van der Waals surface area contributed by atoms with E-state index in [1.165, 1.54) is 12.8 Å². The number of piperidine rings is 1. The Bertz CT molecular complexity index is 1300. The molecule has 30 heavy (non-hydrogen) atoms. The molecule has 2 N–H and O–H groups in total. The zero-order valence-electron chi connectivity index (χ0n) is 16.6. The van der Waals surface area contributed by atoms with E-state index in [1.54, 1.807) is 16.0 Å². The Morgan fingerprint density at radius 2 is 2.07 bits per heavy atom. The number of fused-ring (bicyclic) bond motifs is 4. The number of hydrogen-bond donors (Lipinski definition) is 2. The average Bonchev–Trinajstić information content (AvgIpc) is 3.41. The topological polar surface area (TPSA) is 91.5 Å². The summed E-state index contributed by atoms with van der Waals surface area (Å²) in [7, 11) is 1.87. The normalized spacial score (nSPS) is 23.1. The lowest BCUT2D eigenvalue weighted by atomic mass is 10.0. The summed E-state index contributed by atoms with van der Waals surface area (Å²) in [5.74, 6) is 0. The lowest BCUT2D eigenvalue weighted by molar-refractivity contribution is 0.378. The second-order valence-corrected chi connectivity index (χ2v) is 9.41. The molecule has 2 saturated heterocycles. The van der Waals surface area contributed by atoms with Crippen LogP contribution in [0, 0.1) is 11.3 Å². The molecule has 6 rings (SSSR count). The van der Waals surface area contributed by atoms with Gasteiger partial charge in [-0.15, -0.1) is 0 Å². The van der Waals surface area contributed by atoms with Crippen molar-refractivity contribution in [3.63, 3.8) is 0 Å². The molecule has 2 bridgehead atoms. The molecule has 7 nitrogen and oxygen atoms in total. The number of pyridine rings is 1. The number of thiazole rings is 1. The maximum atomic E-state index is 9.55. The molecule has 0 spiro atoms. The van der Waals surface area contributed by atoms with Gasteiger partial charge in [0.1, 0.15) is 17.1 Å². The Kier molecular flexibility index (Phi) is 4.01. The lowest BCUT2D eigenvalue weighted by Gasteiger charge is -2.29. The van der Waals surface area contributed by atoms with E-state index in [4.69, 9.17) is 4.98 Å². The van der Waals surface area contributed by atoms with E-state index in [1.807, 2.05) is 31.6 Å². The molecular weight excluding hydrogens is 394 g/mol. The number of nitrogens with one attached hydrogen (secondary N) is 2. The van der Waals surface area contributed by atoms with Crippen LogP contribution in [-0.4, -0.2) is 37.9 Å². The monoisotopic (exact) mass is 415 g/mol. The number of rotatable bonds is 3. The van der Waals surface area contributed by atoms with Gasteiger partial charge < -0.3 is 10.6 Å². The summed E-state index contributed by atoms with van der Waals surface area (Å²) in [6.45, 7) is 0. The summed E-state index contributed by atoms with van der Waals surface area (Å²) < 4.78 is 2.84. The van der Waals surface area contributed by atoms with Gasteiger partial charge in [-0.25, -0.2) is 4.98 Å². The summed E-state index contributed by atoms with van der Waals surface area (Å²) in [6, 6.07) is 10.0. The molecule has 2 aliphatic rings. The van der Waals surface area contributed by atoms with Crippen LogP contribution in [0.25, 0.3) is 32.4 Å². The Hall–Kier alpha value is -3.02. The molecular formula is C22H21N7S. The highest BCUT2D eigenvalue weighted by Gasteiger charge is 2.33. The smallest absolute Gasteiger partial charge is 0.184 e. The molecule has 0 saturated carbocycles. The molecule has 0 radical (unpaired) electrons. The van der Waals surface area contributed by atoms with E-state index in [2.05, 4.69) is 32.9 Å². The predicted molar refractivity (Wildman–Crippen MR) is 118 cm³/mol. The average molecular weight is 416 g/mol. The van der Waals surface area contributed by atoms with Crippen molar-refractivity contribution in [3.05, 3.63) is 36.2 Å². The lowest BCUT2D eigenvalue weighted by Crippen LogP contribution is -2.43. The summed E-state index contributed by atoms with van der Waals surface area (Å²) >= 11 is 1.68. The van der Waals surface area contributed by atoms with Gasteiger partial charge in [0.2, 0.25) is 0 Å². The van der Waals surface area contributed by atoms with E-state index in [0.29, 0.717) is 23.7 Å². The molecule has 4 aromatic rings. The van der Waals surface area contributed by atoms with Crippen molar-refractivity contribution in [2.75, 3.05) is 5.32 Å². The minimum Gasteiger partial charge on any atom is -0.359 e. The standard InChI is InChI=1S/C22H21N7S/c1-29-11-14-5-12(4-13(9-23)21(14)28-29)18-8-20-19(10-24-18)27-22(30-20)26-17-6-15-2-3-16(7-17)25-15/h4-5,8,10-11,15-17,25H,2-3,6-7H2,1H3,(H,26,27)/t15-,16+,17-. The maximum Gasteiger partial charge on any atom is 0.184 e. The van der Waals surface area contributed by atoms with E-state index in [9.17, 15) is 5.26 Å². The second kappa shape index (κ2) is 6.76. The molecule has 3 atom stereocenters. The fraction of sp³-hybridized carbons (Fsp3) is 0.364. The van der Waals surface area contributed by atoms with Crippen molar-refractivity contribution in [3.8, 4) is 17.3 Å². The van der Waals surface area contributed by atoms with Crippen LogP contribution in [0.5, 0.6) is 0 Å². The van der Waals surface area contributed by atoms with Crippen molar-refractivity contribution in [1.29, 1.82) is 5.26 Å². The number of benzene rings is 1. The molecule has 2 fully saturated rings. The van der Waals surface area contributed by atoms with E-state index >= 15 is 0 Å². The summed E-state index contributed by atoms with van der Waals surface area (Å²) in [5, 5.41) is 23.2. The second-order valence-electron chi connectivity index (χ2n) is 8.38. The number of hydrogen-bond acceptors (Lipinski definition) is 7. The van der Waals surface area contributed by atoms with Crippen molar-refractivity contribution >= 4 is 37.6 Å². The van der Waals surface area contributed by atoms with Gasteiger partial charge in [-0.2, -0.15) is 10.4 Å². The van der Waals surface area contributed by atoms with Crippen LogP contribution in [0.15, 0.2) is 30.6 Å². The number of nitrogens with zero attached hydrogens (tertiary/aromatic N) is 5. The number of nitriles is 1. The molecule has 0 aliphatic carbocycles. The third-order valence-corrected chi connectivity index (χ3v) is 7.16. The van der Waals surface area contributed by atoms with Crippen LogP contribution in [-0.2, 0) is 7.05 Å². The molecule has 3 aromatic heterocycles. The third kappa shape index (κ3) is 3.02. The highest BCUT2D eigenvalue weighted by Crippen LogP contribution is 2.33. The number of aromatic nitrogens is 4. The zero-order chi connectivity index (χ0) is 20.2. The fourth-order valence-corrected chi connectivity index (χ4v) is 5.84. The minimum atomic E-state index is 0.489. The van der Waals surface area contributed by atoms with Crippen LogP contribution in [0.3, 0.4) is 0 Å². The highest BCUT2D eigenvalue weighted by molar-refractivity contribution is 7.22. The number of anilines is 1. The zero-order valence-corrected chi connectivity index (χ0v) is 17.4. The first-order chi connectivity index (χ1) is 14.6. The van der Waals surface area contributed by atoms with E-state index < -0.39 is 0 Å². The van der Waals surface area contributed by atoms with Gasteiger partial charge in [0.25, 0.3) is 0 Å². The molecule has 5 heterocycles. The van der Waals surface area contributed by atoms with Crippen molar-refractivity contribution in [2.24, 2.45) is 7.05 Å². The molecule has 1 aromatic carbocycles. The van der Waals surface area contributed by atoms with Gasteiger partial charge in [-0.1, -0.05) is 11.3 Å². The predicted octanol–water partition coefficient (Wildman–Crippen LogP) is 3.81. The summed E-state index contributed by atoms with van der Waals surface area (Å²) in [6.07, 6.45) is 8.68. The van der Waals surface area contributed by atoms with Crippen molar-refractivity contribution in [1.82, 2.24) is 25.1 Å². The molecule has 0 unspecified atom stereocenters. The van der Waals surface area contributed by atoms with Crippen molar-refractivity contribution < 1.29 is 0 Å². The molecule has 8 heteroatoms. The molecule has 0 amide bonds. The van der Waals surface area contributed by atoms with Crippen LogP contribution in [0.2, 0.25) is 0 Å². The first-order valence-corrected chi connectivity index (χ1v) is 11.1. The molecule has 150 valence electrons. The first-order valence-electron chi connectivity index (χ1n) is 10.3. The van der Waals surface area contributed by atoms with Gasteiger partial charge in [0.05, 0.1) is 22.2 Å². The summed E-state index contributed by atoms with van der Waals surface area (Å²) in [5.41, 5.74) is 3.97. The van der Waals surface area contributed by atoms with Crippen LogP contribution < -0.4 is 10.6 Å². The Labute approximate surface area is 177 Å². The van der Waals surface area contributed by atoms with Crippen LogP contribution in [0.1, 0.15) is 31.2 Å². The Morgan fingerprint density at radius 1 is 1.23 bits per heavy atom. The SMILES string of the molecule is Cn1cc2cc(-c3cc4sc(N[C@@H]5C[C@H]6CC[C@@H](C5)N6)nc4cn3)cc(C#N)c2n1.